The summed E-state index contributed by atoms with van der Waals surface area (Å²) in [6.07, 6.45) is 0. The highest BCUT2D eigenvalue weighted by Crippen LogP contribution is 2.29. The Labute approximate surface area is 83.1 Å². The van der Waals surface area contributed by atoms with Crippen LogP contribution >= 0.6 is 11.6 Å². The highest BCUT2D eigenvalue weighted by atomic mass is 35.5. The van der Waals surface area contributed by atoms with E-state index < -0.39 is 40.3 Å². The molecule has 0 spiro atoms. The molecule has 0 aliphatic carbocycles. The highest BCUT2D eigenvalue weighted by molar-refractivity contribution is 6.31. The zero-order valence-electron chi connectivity index (χ0n) is 6.85. The third-order valence-corrected chi connectivity index (χ3v) is 1.88. The number of hydrogen-bond donors (Lipinski definition) is 2. The number of phenolic OH excluding ortho intramolecular Hbond substituents is 1. The molecule has 1 aromatic rings. The third-order valence-electron chi connectivity index (χ3n) is 1.61. The molecule has 3 nitrogen and oxygen atoms in total. The first-order valence-corrected chi connectivity index (χ1v) is 3.96. The minimum Gasteiger partial charge on any atom is -0.504 e. The standard InChI is InChI=1S/C8H6ClF2NO2/c9-3-1-4(10)8(14)6(7(3)11)5(13)2-12/h1,14H,2,12H2. The molecule has 6 heteroatoms. The van der Waals surface area contributed by atoms with E-state index >= 15 is 0 Å². The predicted molar refractivity (Wildman–Crippen MR) is 46.4 cm³/mol. The first-order chi connectivity index (χ1) is 6.49. The number of rotatable bonds is 2. The smallest absolute Gasteiger partial charge is 0.183 e. The predicted octanol–water partition coefficient (Wildman–Crippen LogP) is 1.47. The van der Waals surface area contributed by atoms with Crippen LogP contribution < -0.4 is 5.73 Å². The average molecular weight is 222 g/mol. The van der Waals surface area contributed by atoms with Crippen LogP contribution in [0.25, 0.3) is 0 Å². The van der Waals surface area contributed by atoms with Crippen molar-refractivity contribution in [2.75, 3.05) is 6.54 Å². The second kappa shape index (κ2) is 3.89. The molecular weight excluding hydrogens is 216 g/mol. The molecule has 0 saturated heterocycles. The molecular formula is C8H6ClF2NO2. The quantitative estimate of drug-likeness (QED) is 0.587. The lowest BCUT2D eigenvalue weighted by Gasteiger charge is -2.05. The fourth-order valence-electron chi connectivity index (χ4n) is 0.942. The Morgan fingerprint density at radius 2 is 2.14 bits per heavy atom. The van der Waals surface area contributed by atoms with Crippen LogP contribution in [0.1, 0.15) is 10.4 Å². The van der Waals surface area contributed by atoms with Crippen LogP contribution in [0.15, 0.2) is 6.07 Å². The average Bonchev–Trinajstić information content (AvgIpc) is 2.15. The lowest BCUT2D eigenvalue weighted by Crippen LogP contribution is -2.16. The summed E-state index contributed by atoms with van der Waals surface area (Å²) in [5.41, 5.74) is 4.14. The number of nitrogens with two attached hydrogens (primary N) is 1. The maximum absolute atomic E-state index is 13.1. The van der Waals surface area contributed by atoms with E-state index in [4.69, 9.17) is 22.4 Å². The highest BCUT2D eigenvalue weighted by Gasteiger charge is 2.21. The van der Waals surface area contributed by atoms with Crippen molar-refractivity contribution < 1.29 is 18.7 Å². The van der Waals surface area contributed by atoms with Crippen LogP contribution in [0.5, 0.6) is 5.75 Å². The molecule has 14 heavy (non-hydrogen) atoms. The number of hydrogen-bond acceptors (Lipinski definition) is 3. The molecule has 0 amide bonds. The van der Waals surface area contributed by atoms with Gasteiger partial charge in [-0.2, -0.15) is 0 Å². The van der Waals surface area contributed by atoms with Gasteiger partial charge in [-0.1, -0.05) is 11.6 Å². The molecule has 0 heterocycles. The summed E-state index contributed by atoms with van der Waals surface area (Å²) < 4.78 is 26.0. The number of carbonyl (C=O) groups excluding carboxylic acids is 1. The van der Waals surface area contributed by atoms with E-state index in [-0.39, 0.29) is 0 Å². The third kappa shape index (κ3) is 1.69. The van der Waals surface area contributed by atoms with Crippen LogP contribution in [-0.4, -0.2) is 17.4 Å². The number of phenols is 1. The molecule has 0 aliphatic heterocycles. The molecule has 0 saturated carbocycles. The minimum atomic E-state index is -1.17. The van der Waals surface area contributed by atoms with E-state index in [1.165, 1.54) is 0 Å². The van der Waals surface area contributed by atoms with Gasteiger partial charge in [0, 0.05) is 0 Å². The molecule has 76 valence electrons. The van der Waals surface area contributed by atoms with E-state index in [1.807, 2.05) is 0 Å². The van der Waals surface area contributed by atoms with E-state index in [9.17, 15) is 13.6 Å². The fourth-order valence-corrected chi connectivity index (χ4v) is 1.13. The van der Waals surface area contributed by atoms with E-state index in [0.717, 1.165) is 0 Å². The first kappa shape index (κ1) is 10.9. The van der Waals surface area contributed by atoms with Crippen molar-refractivity contribution in [3.63, 3.8) is 0 Å². The minimum absolute atomic E-state index is 0.537. The lowest BCUT2D eigenvalue weighted by molar-refractivity contribution is 0.0994. The number of aromatic hydroxyl groups is 1. The molecule has 0 radical (unpaired) electrons. The van der Waals surface area contributed by atoms with Gasteiger partial charge in [0.15, 0.2) is 23.2 Å². The van der Waals surface area contributed by atoms with Crippen LogP contribution in [0.3, 0.4) is 0 Å². The summed E-state index contributed by atoms with van der Waals surface area (Å²) >= 11 is 5.27. The second-order valence-electron chi connectivity index (χ2n) is 2.51. The van der Waals surface area contributed by atoms with Gasteiger partial charge in [0.25, 0.3) is 0 Å². The van der Waals surface area contributed by atoms with Gasteiger partial charge in [-0.3, -0.25) is 4.79 Å². The summed E-state index contributed by atoms with van der Waals surface area (Å²) in [6, 6.07) is 0.583. The number of halogens is 3. The maximum atomic E-state index is 13.1. The monoisotopic (exact) mass is 221 g/mol. The van der Waals surface area contributed by atoms with Crippen molar-refractivity contribution in [2.24, 2.45) is 5.73 Å². The topological polar surface area (TPSA) is 63.3 Å². The van der Waals surface area contributed by atoms with Crippen molar-refractivity contribution in [1.82, 2.24) is 0 Å². The molecule has 0 aromatic heterocycles. The van der Waals surface area contributed by atoms with E-state index in [1.54, 1.807) is 0 Å². The zero-order chi connectivity index (χ0) is 10.9. The van der Waals surface area contributed by atoms with Gasteiger partial charge >= 0.3 is 0 Å². The zero-order valence-corrected chi connectivity index (χ0v) is 7.61. The summed E-state index contributed by atoms with van der Waals surface area (Å²) in [7, 11) is 0. The fraction of sp³-hybridized carbons (Fsp3) is 0.125. The van der Waals surface area contributed by atoms with Gasteiger partial charge in [0.05, 0.1) is 11.6 Å². The first-order valence-electron chi connectivity index (χ1n) is 3.58. The Hall–Kier alpha value is -1.20. The van der Waals surface area contributed by atoms with Crippen molar-refractivity contribution in [1.29, 1.82) is 0 Å². The van der Waals surface area contributed by atoms with Gasteiger partial charge in [-0.25, -0.2) is 8.78 Å². The van der Waals surface area contributed by atoms with Gasteiger partial charge in [-0.15, -0.1) is 0 Å². The summed E-state index contributed by atoms with van der Waals surface area (Å²) in [5.74, 6) is -4.31. The SMILES string of the molecule is NCC(=O)c1c(O)c(F)cc(Cl)c1F. The van der Waals surface area contributed by atoms with Crippen LogP contribution in [-0.2, 0) is 0 Å². The lowest BCUT2D eigenvalue weighted by atomic mass is 10.1. The molecule has 0 unspecified atom stereocenters. The Morgan fingerprint density at radius 1 is 1.57 bits per heavy atom. The van der Waals surface area contributed by atoms with Crippen molar-refractivity contribution in [3.05, 3.63) is 28.3 Å². The molecule has 0 fully saturated rings. The van der Waals surface area contributed by atoms with Crippen LogP contribution in [0.4, 0.5) is 8.78 Å². The van der Waals surface area contributed by atoms with Gasteiger partial charge in [0.2, 0.25) is 0 Å². The van der Waals surface area contributed by atoms with Gasteiger partial charge in [-0.05, 0) is 6.07 Å². The largest absolute Gasteiger partial charge is 0.504 e. The Kier molecular flexibility index (Phi) is 3.03. The van der Waals surface area contributed by atoms with Gasteiger partial charge in [0.1, 0.15) is 5.56 Å². The van der Waals surface area contributed by atoms with Crippen molar-refractivity contribution >= 4 is 17.4 Å². The molecule has 0 aliphatic rings. The van der Waals surface area contributed by atoms with Crippen molar-refractivity contribution in [2.45, 2.75) is 0 Å². The van der Waals surface area contributed by atoms with E-state index in [2.05, 4.69) is 0 Å². The summed E-state index contributed by atoms with van der Waals surface area (Å²) in [6.45, 7) is -0.537. The summed E-state index contributed by atoms with van der Waals surface area (Å²) in [4.78, 5) is 11.0. The normalized spacial score (nSPS) is 10.3. The van der Waals surface area contributed by atoms with Crippen LogP contribution in [0.2, 0.25) is 5.02 Å². The number of ketones is 1. The summed E-state index contributed by atoms with van der Waals surface area (Å²) in [5, 5.41) is 8.48. The Morgan fingerprint density at radius 3 is 2.64 bits per heavy atom. The molecule has 3 N–H and O–H groups in total. The Balaban J connectivity index is 3.47. The molecule has 1 aromatic carbocycles. The number of carbonyl (C=O) groups is 1. The Bertz CT molecular complexity index is 369. The van der Waals surface area contributed by atoms with Gasteiger partial charge < -0.3 is 10.8 Å². The molecule has 0 atom stereocenters. The van der Waals surface area contributed by atoms with Crippen LogP contribution in [0, 0.1) is 11.6 Å². The maximum Gasteiger partial charge on any atom is 0.183 e. The molecule has 1 rings (SSSR count). The number of benzene rings is 1. The molecule has 0 bridgehead atoms. The second-order valence-corrected chi connectivity index (χ2v) is 2.91. The number of Topliss-reactive ketones (excluding diaryl/α,β-unsaturated/α-hetero) is 1. The van der Waals surface area contributed by atoms with Crippen molar-refractivity contribution in [3.8, 4) is 5.75 Å². The van der Waals surface area contributed by atoms with E-state index in [0.29, 0.717) is 6.07 Å².